The van der Waals surface area contributed by atoms with E-state index in [1.54, 1.807) is 6.07 Å². The highest BCUT2D eigenvalue weighted by Crippen LogP contribution is 2.48. The summed E-state index contributed by atoms with van der Waals surface area (Å²) in [6, 6.07) is 13.4. The molecule has 0 spiro atoms. The van der Waals surface area contributed by atoms with Crippen LogP contribution in [0.25, 0.3) is 22.3 Å². The molecule has 16 heavy (non-hydrogen) atoms. The second kappa shape index (κ2) is 3.14. The van der Waals surface area contributed by atoms with Gasteiger partial charge in [0.15, 0.2) is 6.29 Å². The summed E-state index contributed by atoms with van der Waals surface area (Å²) in [6.07, 6.45) is 0.372. The summed E-state index contributed by atoms with van der Waals surface area (Å²) in [4.78, 5) is 22.0. The summed E-state index contributed by atoms with van der Waals surface area (Å²) < 4.78 is 0. The Balaban J connectivity index is 2.25. The average Bonchev–Trinajstić information content (AvgIpc) is 2.34. The number of Topliss-reactive ketones (excluding diaryl/α,β-unsaturated/α-hetero) is 1. The molecule has 2 heteroatoms. The quantitative estimate of drug-likeness (QED) is 0.368. The van der Waals surface area contributed by atoms with Crippen molar-refractivity contribution in [2.45, 2.75) is 0 Å². The summed E-state index contributed by atoms with van der Waals surface area (Å²) in [5.74, 6) is -0.452. The Morgan fingerprint density at radius 3 is 2.31 bits per heavy atom. The van der Waals surface area contributed by atoms with Gasteiger partial charge in [0.05, 0.1) is 0 Å². The van der Waals surface area contributed by atoms with Crippen LogP contribution in [0.15, 0.2) is 42.5 Å². The van der Waals surface area contributed by atoms with Crippen molar-refractivity contribution in [3.63, 3.8) is 0 Å². The molecule has 1 aliphatic rings. The number of ketones is 1. The molecule has 2 aromatic carbocycles. The molecule has 0 fully saturated rings. The molecule has 2 aromatic rings. The summed E-state index contributed by atoms with van der Waals surface area (Å²) >= 11 is 0. The van der Waals surface area contributed by atoms with Crippen LogP contribution in [0.3, 0.4) is 0 Å². The molecule has 0 amide bonds. The van der Waals surface area contributed by atoms with Crippen molar-refractivity contribution in [3.8, 4) is 22.3 Å². The van der Waals surface area contributed by atoms with Crippen LogP contribution < -0.4 is 0 Å². The molecule has 1 aliphatic carbocycles. The standard InChI is InChI=1S/C14H8O2/c15-8-13(16)12-7-3-6-11-9-4-1-2-5-10(9)14(11)12/h1-8H. The fourth-order valence-electron chi connectivity index (χ4n) is 2.21. The largest absolute Gasteiger partial charge is 0.294 e. The van der Waals surface area contributed by atoms with E-state index in [0.29, 0.717) is 11.8 Å². The van der Waals surface area contributed by atoms with E-state index in [2.05, 4.69) is 0 Å². The second-order valence-corrected chi connectivity index (χ2v) is 3.76. The van der Waals surface area contributed by atoms with E-state index >= 15 is 0 Å². The first-order valence-electron chi connectivity index (χ1n) is 5.05. The van der Waals surface area contributed by atoms with E-state index in [4.69, 9.17) is 0 Å². The van der Waals surface area contributed by atoms with Crippen molar-refractivity contribution in [1.29, 1.82) is 0 Å². The van der Waals surface area contributed by atoms with Crippen LogP contribution in [0, 0.1) is 0 Å². The topological polar surface area (TPSA) is 34.1 Å². The summed E-state index contributed by atoms with van der Waals surface area (Å²) in [5, 5.41) is 0. The maximum Gasteiger partial charge on any atom is 0.226 e. The third-order valence-corrected chi connectivity index (χ3v) is 2.92. The fraction of sp³-hybridized carbons (Fsp3) is 0. The van der Waals surface area contributed by atoms with Gasteiger partial charge in [-0.2, -0.15) is 0 Å². The zero-order valence-corrected chi connectivity index (χ0v) is 8.44. The number of hydrogen-bond donors (Lipinski definition) is 0. The zero-order valence-electron chi connectivity index (χ0n) is 8.44. The SMILES string of the molecule is O=CC(=O)c1cccc2c1-c1ccccc1-2. The minimum absolute atomic E-state index is 0.372. The van der Waals surface area contributed by atoms with E-state index in [1.165, 1.54) is 0 Å². The monoisotopic (exact) mass is 208 g/mol. The summed E-state index contributed by atoms with van der Waals surface area (Å²) in [5.41, 5.74) is 4.69. The highest BCUT2D eigenvalue weighted by molar-refractivity contribution is 6.36. The molecular weight excluding hydrogens is 200 g/mol. The minimum Gasteiger partial charge on any atom is -0.294 e. The van der Waals surface area contributed by atoms with Gasteiger partial charge in [-0.05, 0) is 16.7 Å². The Labute approximate surface area is 92.5 Å². The molecular formula is C14H8O2. The zero-order chi connectivity index (χ0) is 11.1. The number of hydrogen-bond acceptors (Lipinski definition) is 2. The molecule has 0 heterocycles. The third kappa shape index (κ3) is 1.01. The van der Waals surface area contributed by atoms with Crippen molar-refractivity contribution in [1.82, 2.24) is 0 Å². The highest BCUT2D eigenvalue weighted by Gasteiger charge is 2.26. The van der Waals surface area contributed by atoms with Gasteiger partial charge in [0.2, 0.25) is 5.78 Å². The predicted octanol–water partition coefficient (Wildman–Crippen LogP) is 2.72. The molecule has 0 aliphatic heterocycles. The van der Waals surface area contributed by atoms with Crippen molar-refractivity contribution in [2.24, 2.45) is 0 Å². The minimum atomic E-state index is -0.452. The Morgan fingerprint density at radius 1 is 0.875 bits per heavy atom. The maximum atomic E-state index is 11.5. The van der Waals surface area contributed by atoms with Crippen molar-refractivity contribution in [3.05, 3.63) is 48.0 Å². The van der Waals surface area contributed by atoms with Gasteiger partial charge in [-0.25, -0.2) is 0 Å². The fourth-order valence-corrected chi connectivity index (χ4v) is 2.21. The van der Waals surface area contributed by atoms with Crippen LogP contribution in [-0.4, -0.2) is 12.1 Å². The molecule has 0 unspecified atom stereocenters. The molecule has 0 aromatic heterocycles. The van der Waals surface area contributed by atoms with E-state index in [9.17, 15) is 9.59 Å². The Morgan fingerprint density at radius 2 is 1.56 bits per heavy atom. The molecule has 0 saturated heterocycles. The van der Waals surface area contributed by atoms with Gasteiger partial charge in [0.25, 0.3) is 0 Å². The first-order valence-corrected chi connectivity index (χ1v) is 5.05. The number of carbonyl (C=O) groups excluding carboxylic acids is 2. The lowest BCUT2D eigenvalue weighted by molar-refractivity contribution is -0.104. The number of aldehydes is 1. The first-order chi connectivity index (χ1) is 7.83. The van der Waals surface area contributed by atoms with Crippen LogP contribution in [0.2, 0.25) is 0 Å². The van der Waals surface area contributed by atoms with Gasteiger partial charge in [-0.3, -0.25) is 9.59 Å². The third-order valence-electron chi connectivity index (χ3n) is 2.92. The first kappa shape index (κ1) is 9.04. The van der Waals surface area contributed by atoms with Gasteiger partial charge >= 0.3 is 0 Å². The van der Waals surface area contributed by atoms with Crippen molar-refractivity contribution in [2.75, 3.05) is 0 Å². The van der Waals surface area contributed by atoms with Gasteiger partial charge in [0, 0.05) is 11.1 Å². The van der Waals surface area contributed by atoms with E-state index in [-0.39, 0.29) is 0 Å². The van der Waals surface area contributed by atoms with Crippen LogP contribution in [0.4, 0.5) is 0 Å². The average molecular weight is 208 g/mol. The smallest absolute Gasteiger partial charge is 0.226 e. The lowest BCUT2D eigenvalue weighted by Gasteiger charge is -2.25. The number of benzene rings is 2. The number of carbonyl (C=O) groups is 2. The van der Waals surface area contributed by atoms with Crippen molar-refractivity contribution < 1.29 is 9.59 Å². The highest BCUT2D eigenvalue weighted by atomic mass is 16.2. The molecule has 0 bridgehead atoms. The van der Waals surface area contributed by atoms with Gasteiger partial charge in [-0.1, -0.05) is 42.5 Å². The predicted molar refractivity (Wildman–Crippen MR) is 61.3 cm³/mol. The Kier molecular flexibility index (Phi) is 1.77. The lowest BCUT2D eigenvalue weighted by Crippen LogP contribution is -2.08. The number of rotatable bonds is 2. The molecule has 3 rings (SSSR count). The van der Waals surface area contributed by atoms with E-state index < -0.39 is 5.78 Å². The molecule has 76 valence electrons. The molecule has 0 atom stereocenters. The summed E-state index contributed by atoms with van der Waals surface area (Å²) in [6.45, 7) is 0. The number of fused-ring (bicyclic) bond motifs is 4. The van der Waals surface area contributed by atoms with Crippen molar-refractivity contribution >= 4 is 12.1 Å². The van der Waals surface area contributed by atoms with Crippen LogP contribution in [0.5, 0.6) is 0 Å². The van der Waals surface area contributed by atoms with Crippen LogP contribution in [0.1, 0.15) is 10.4 Å². The van der Waals surface area contributed by atoms with E-state index in [1.807, 2.05) is 36.4 Å². The Bertz CT molecular complexity index is 612. The molecule has 2 nitrogen and oxygen atoms in total. The molecule has 0 saturated carbocycles. The summed E-state index contributed by atoms with van der Waals surface area (Å²) in [7, 11) is 0. The van der Waals surface area contributed by atoms with E-state index in [0.717, 1.165) is 22.3 Å². The molecule has 0 N–H and O–H groups in total. The Hall–Kier alpha value is -2.22. The normalized spacial score (nSPS) is 11.0. The molecule has 0 radical (unpaired) electrons. The van der Waals surface area contributed by atoms with Gasteiger partial charge in [0.1, 0.15) is 0 Å². The lowest BCUT2D eigenvalue weighted by atomic mass is 9.77. The van der Waals surface area contributed by atoms with Gasteiger partial charge in [-0.15, -0.1) is 0 Å². The second-order valence-electron chi connectivity index (χ2n) is 3.76. The maximum absolute atomic E-state index is 11.5. The van der Waals surface area contributed by atoms with Crippen LogP contribution >= 0.6 is 0 Å². The van der Waals surface area contributed by atoms with Crippen LogP contribution in [-0.2, 0) is 4.79 Å². The van der Waals surface area contributed by atoms with Gasteiger partial charge < -0.3 is 0 Å².